The zero-order valence-corrected chi connectivity index (χ0v) is 11.2. The Hall–Kier alpha value is -1.09. The maximum atomic E-state index is 14.0. The molecule has 1 fully saturated rings. The SMILES string of the molecule is COc1cccc(CC(N)C2CCCC2C)c1F. The van der Waals surface area contributed by atoms with Crippen LogP contribution in [0.2, 0.25) is 0 Å². The molecule has 1 saturated carbocycles. The Bertz CT molecular complexity index is 407. The third-order valence-electron chi connectivity index (χ3n) is 4.20. The molecule has 1 aliphatic rings. The van der Waals surface area contributed by atoms with Gasteiger partial charge in [0.05, 0.1) is 7.11 Å². The van der Waals surface area contributed by atoms with Crippen molar-refractivity contribution in [1.82, 2.24) is 0 Å². The molecule has 0 spiro atoms. The standard InChI is InChI=1S/C15H22FNO/c1-10-5-3-7-12(10)13(17)9-11-6-4-8-14(18-2)15(11)16/h4,6,8,10,12-13H,3,5,7,9,17H2,1-2H3. The lowest BCUT2D eigenvalue weighted by molar-refractivity contribution is 0.338. The third kappa shape index (κ3) is 2.66. The second-order valence-electron chi connectivity index (χ2n) is 5.37. The smallest absolute Gasteiger partial charge is 0.168 e. The zero-order valence-electron chi connectivity index (χ0n) is 11.2. The van der Waals surface area contributed by atoms with Crippen LogP contribution in [0.3, 0.4) is 0 Å². The molecule has 3 unspecified atom stereocenters. The van der Waals surface area contributed by atoms with Gasteiger partial charge in [0.1, 0.15) is 0 Å². The largest absolute Gasteiger partial charge is 0.494 e. The van der Waals surface area contributed by atoms with Crippen LogP contribution >= 0.6 is 0 Å². The van der Waals surface area contributed by atoms with E-state index in [0.717, 1.165) is 0 Å². The highest BCUT2D eigenvalue weighted by atomic mass is 19.1. The minimum atomic E-state index is -0.263. The van der Waals surface area contributed by atoms with Crippen LogP contribution in [0.4, 0.5) is 4.39 Å². The number of methoxy groups -OCH3 is 1. The fourth-order valence-electron chi connectivity index (χ4n) is 3.09. The van der Waals surface area contributed by atoms with Crippen molar-refractivity contribution in [3.63, 3.8) is 0 Å². The van der Waals surface area contributed by atoms with E-state index >= 15 is 0 Å². The third-order valence-corrected chi connectivity index (χ3v) is 4.20. The van der Waals surface area contributed by atoms with Crippen molar-refractivity contribution in [3.8, 4) is 5.75 Å². The van der Waals surface area contributed by atoms with E-state index in [1.54, 1.807) is 12.1 Å². The molecular weight excluding hydrogens is 229 g/mol. The van der Waals surface area contributed by atoms with Crippen molar-refractivity contribution < 1.29 is 9.13 Å². The van der Waals surface area contributed by atoms with Crippen molar-refractivity contribution in [2.45, 2.75) is 38.6 Å². The van der Waals surface area contributed by atoms with Crippen LogP contribution in [-0.4, -0.2) is 13.2 Å². The molecule has 18 heavy (non-hydrogen) atoms. The van der Waals surface area contributed by atoms with E-state index in [0.29, 0.717) is 29.6 Å². The molecule has 1 aromatic carbocycles. The van der Waals surface area contributed by atoms with Crippen molar-refractivity contribution in [1.29, 1.82) is 0 Å². The van der Waals surface area contributed by atoms with Gasteiger partial charge in [-0.05, 0) is 36.3 Å². The average Bonchev–Trinajstić information content (AvgIpc) is 2.78. The lowest BCUT2D eigenvalue weighted by Gasteiger charge is -2.23. The Labute approximate surface area is 108 Å². The highest BCUT2D eigenvalue weighted by Crippen LogP contribution is 2.34. The highest BCUT2D eigenvalue weighted by molar-refractivity contribution is 5.31. The summed E-state index contributed by atoms with van der Waals surface area (Å²) in [5, 5.41) is 0. The van der Waals surface area contributed by atoms with Crippen LogP contribution in [0.15, 0.2) is 18.2 Å². The summed E-state index contributed by atoms with van der Waals surface area (Å²) in [6, 6.07) is 5.31. The number of nitrogens with two attached hydrogens (primary N) is 1. The first-order valence-corrected chi connectivity index (χ1v) is 6.70. The van der Waals surface area contributed by atoms with Crippen LogP contribution in [-0.2, 0) is 6.42 Å². The summed E-state index contributed by atoms with van der Waals surface area (Å²) in [5.74, 6) is 1.23. The van der Waals surface area contributed by atoms with E-state index < -0.39 is 0 Å². The first kappa shape index (κ1) is 13.3. The Morgan fingerprint density at radius 3 is 2.83 bits per heavy atom. The Morgan fingerprint density at radius 2 is 2.22 bits per heavy atom. The van der Waals surface area contributed by atoms with Crippen molar-refractivity contribution >= 4 is 0 Å². The van der Waals surface area contributed by atoms with Gasteiger partial charge in [0.25, 0.3) is 0 Å². The van der Waals surface area contributed by atoms with Gasteiger partial charge in [-0.15, -0.1) is 0 Å². The van der Waals surface area contributed by atoms with Gasteiger partial charge in [-0.3, -0.25) is 0 Å². The van der Waals surface area contributed by atoms with Gasteiger partial charge >= 0.3 is 0 Å². The molecule has 0 aromatic heterocycles. The topological polar surface area (TPSA) is 35.2 Å². The number of halogens is 1. The normalized spacial score (nSPS) is 25.1. The van der Waals surface area contributed by atoms with E-state index in [-0.39, 0.29) is 11.9 Å². The summed E-state index contributed by atoms with van der Waals surface area (Å²) >= 11 is 0. The molecule has 2 rings (SSSR count). The maximum absolute atomic E-state index is 14.0. The number of rotatable bonds is 4. The molecule has 0 bridgehead atoms. The number of ether oxygens (including phenoxy) is 1. The molecule has 3 atom stereocenters. The lowest BCUT2D eigenvalue weighted by atomic mass is 9.87. The number of benzene rings is 1. The van der Waals surface area contributed by atoms with Crippen LogP contribution in [0.1, 0.15) is 31.7 Å². The van der Waals surface area contributed by atoms with Crippen LogP contribution in [0.5, 0.6) is 5.75 Å². The zero-order chi connectivity index (χ0) is 13.1. The van der Waals surface area contributed by atoms with Crippen molar-refractivity contribution in [2.24, 2.45) is 17.6 Å². The quantitative estimate of drug-likeness (QED) is 0.892. The molecule has 100 valence electrons. The molecule has 2 N–H and O–H groups in total. The Kier molecular flexibility index (Phi) is 4.23. The molecular formula is C15H22FNO. The summed E-state index contributed by atoms with van der Waals surface area (Å²) in [4.78, 5) is 0. The van der Waals surface area contributed by atoms with E-state index in [2.05, 4.69) is 6.92 Å². The fourth-order valence-corrected chi connectivity index (χ4v) is 3.09. The minimum Gasteiger partial charge on any atom is -0.494 e. The number of hydrogen-bond donors (Lipinski definition) is 1. The Morgan fingerprint density at radius 1 is 1.44 bits per heavy atom. The fraction of sp³-hybridized carbons (Fsp3) is 0.600. The first-order valence-electron chi connectivity index (χ1n) is 6.70. The first-order chi connectivity index (χ1) is 8.63. The summed E-state index contributed by atoms with van der Waals surface area (Å²) in [6.45, 7) is 2.25. The van der Waals surface area contributed by atoms with Gasteiger partial charge in [0, 0.05) is 6.04 Å². The molecule has 2 nitrogen and oxygen atoms in total. The van der Waals surface area contributed by atoms with Crippen LogP contribution in [0.25, 0.3) is 0 Å². The van der Waals surface area contributed by atoms with Crippen LogP contribution < -0.4 is 10.5 Å². The summed E-state index contributed by atoms with van der Waals surface area (Å²) in [6.07, 6.45) is 4.27. The second-order valence-corrected chi connectivity index (χ2v) is 5.37. The monoisotopic (exact) mass is 251 g/mol. The molecule has 3 heteroatoms. The summed E-state index contributed by atoms with van der Waals surface area (Å²) in [7, 11) is 1.49. The molecule has 1 aromatic rings. The molecule has 0 amide bonds. The molecule has 0 aliphatic heterocycles. The summed E-state index contributed by atoms with van der Waals surface area (Å²) < 4.78 is 19.0. The predicted octanol–water partition coefficient (Wildman–Crippen LogP) is 3.14. The Balaban J connectivity index is 2.09. The predicted molar refractivity (Wildman–Crippen MR) is 71.1 cm³/mol. The van der Waals surface area contributed by atoms with Gasteiger partial charge in [-0.1, -0.05) is 31.9 Å². The molecule has 0 radical (unpaired) electrons. The van der Waals surface area contributed by atoms with Gasteiger partial charge in [0.15, 0.2) is 11.6 Å². The maximum Gasteiger partial charge on any atom is 0.168 e. The van der Waals surface area contributed by atoms with Crippen molar-refractivity contribution in [3.05, 3.63) is 29.6 Å². The van der Waals surface area contributed by atoms with Gasteiger partial charge < -0.3 is 10.5 Å². The van der Waals surface area contributed by atoms with E-state index in [9.17, 15) is 4.39 Å². The van der Waals surface area contributed by atoms with Gasteiger partial charge in [-0.2, -0.15) is 0 Å². The minimum absolute atomic E-state index is 0.0455. The van der Waals surface area contributed by atoms with Crippen molar-refractivity contribution in [2.75, 3.05) is 7.11 Å². The highest BCUT2D eigenvalue weighted by Gasteiger charge is 2.29. The van der Waals surface area contributed by atoms with Gasteiger partial charge in [-0.25, -0.2) is 4.39 Å². The van der Waals surface area contributed by atoms with Gasteiger partial charge in [0.2, 0.25) is 0 Å². The van der Waals surface area contributed by atoms with E-state index in [1.807, 2.05) is 6.07 Å². The summed E-state index contributed by atoms with van der Waals surface area (Å²) in [5.41, 5.74) is 6.92. The lowest BCUT2D eigenvalue weighted by Crippen LogP contribution is -2.34. The average molecular weight is 251 g/mol. The van der Waals surface area contributed by atoms with E-state index in [4.69, 9.17) is 10.5 Å². The molecule has 0 heterocycles. The number of hydrogen-bond acceptors (Lipinski definition) is 2. The van der Waals surface area contributed by atoms with Crippen LogP contribution in [0, 0.1) is 17.7 Å². The van der Waals surface area contributed by atoms with E-state index in [1.165, 1.54) is 26.4 Å². The molecule has 0 saturated heterocycles. The molecule has 1 aliphatic carbocycles. The second kappa shape index (κ2) is 5.70.